The zero-order valence-corrected chi connectivity index (χ0v) is 13.7. The van der Waals surface area contributed by atoms with Gasteiger partial charge in [-0.25, -0.2) is 13.1 Å². The van der Waals surface area contributed by atoms with Crippen LogP contribution >= 0.6 is 0 Å². The quantitative estimate of drug-likeness (QED) is 0.869. The third kappa shape index (κ3) is 4.14. The second-order valence-corrected chi connectivity index (χ2v) is 8.37. The van der Waals surface area contributed by atoms with Gasteiger partial charge >= 0.3 is 0 Å². The second kappa shape index (κ2) is 5.89. The highest BCUT2D eigenvalue weighted by atomic mass is 32.2. The minimum Gasteiger partial charge on any atom is -0.295 e. The maximum Gasteiger partial charge on any atom is 0.240 e. The fourth-order valence-electron chi connectivity index (χ4n) is 2.96. The van der Waals surface area contributed by atoms with Gasteiger partial charge in [0, 0.05) is 11.6 Å². The molecule has 5 heteroatoms. The molecule has 0 bridgehead atoms. The smallest absolute Gasteiger partial charge is 0.240 e. The van der Waals surface area contributed by atoms with E-state index < -0.39 is 10.0 Å². The van der Waals surface area contributed by atoms with Crippen LogP contribution in [0, 0.1) is 5.41 Å². The van der Waals surface area contributed by atoms with Gasteiger partial charge in [-0.05, 0) is 43.7 Å². The predicted molar refractivity (Wildman–Crippen MR) is 82.8 cm³/mol. The van der Waals surface area contributed by atoms with Crippen LogP contribution in [0.4, 0.5) is 0 Å². The molecule has 21 heavy (non-hydrogen) atoms. The van der Waals surface area contributed by atoms with Crippen LogP contribution in [-0.4, -0.2) is 20.2 Å². The molecule has 1 atom stereocenters. The minimum absolute atomic E-state index is 0.00812. The molecule has 1 aliphatic rings. The van der Waals surface area contributed by atoms with E-state index in [4.69, 9.17) is 0 Å². The van der Waals surface area contributed by atoms with Gasteiger partial charge in [0.15, 0.2) is 5.78 Å². The summed E-state index contributed by atoms with van der Waals surface area (Å²) in [6.07, 6.45) is 3.92. The molecule has 1 aromatic rings. The van der Waals surface area contributed by atoms with Crippen LogP contribution in [0.3, 0.4) is 0 Å². The summed E-state index contributed by atoms with van der Waals surface area (Å²) in [5.41, 5.74) is 0.706. The van der Waals surface area contributed by atoms with Gasteiger partial charge in [-0.3, -0.25) is 4.79 Å². The van der Waals surface area contributed by atoms with Crippen molar-refractivity contribution in [2.45, 2.75) is 57.4 Å². The molecule has 4 nitrogen and oxygen atoms in total. The van der Waals surface area contributed by atoms with Crippen molar-refractivity contribution < 1.29 is 13.2 Å². The minimum atomic E-state index is -3.51. The summed E-state index contributed by atoms with van der Waals surface area (Å²) in [4.78, 5) is 11.4. The molecule has 0 amide bonds. The number of carbonyl (C=O) groups excluding carboxylic acids is 1. The Hall–Kier alpha value is -1.20. The monoisotopic (exact) mass is 309 g/mol. The van der Waals surface area contributed by atoms with E-state index in [1.54, 1.807) is 12.1 Å². The molecule has 2 rings (SSSR count). The molecule has 0 radical (unpaired) electrons. The first-order valence-corrected chi connectivity index (χ1v) is 8.81. The lowest BCUT2D eigenvalue weighted by Crippen LogP contribution is -2.40. The second-order valence-electron chi connectivity index (χ2n) is 6.66. The van der Waals surface area contributed by atoms with Crippen LogP contribution in [0.25, 0.3) is 0 Å². The summed E-state index contributed by atoms with van der Waals surface area (Å²) in [6, 6.07) is 6.09. The molecule has 116 valence electrons. The largest absolute Gasteiger partial charge is 0.295 e. The zero-order valence-electron chi connectivity index (χ0n) is 12.8. The van der Waals surface area contributed by atoms with Gasteiger partial charge < -0.3 is 0 Å². The first-order chi connectivity index (χ1) is 9.70. The van der Waals surface area contributed by atoms with Crippen molar-refractivity contribution in [3.63, 3.8) is 0 Å². The predicted octanol–water partition coefficient (Wildman–Crippen LogP) is 3.14. The Morgan fingerprint density at radius 1 is 1.24 bits per heavy atom. The molecule has 1 N–H and O–H groups in total. The molecule has 0 saturated heterocycles. The fourth-order valence-corrected chi connectivity index (χ4v) is 4.23. The Kier molecular flexibility index (Phi) is 4.54. The van der Waals surface area contributed by atoms with Crippen LogP contribution < -0.4 is 4.72 Å². The fraction of sp³-hybridized carbons (Fsp3) is 0.562. The average Bonchev–Trinajstić information content (AvgIpc) is 2.37. The molecular weight excluding hydrogens is 286 g/mol. The summed E-state index contributed by atoms with van der Waals surface area (Å²) in [7, 11) is -3.51. The van der Waals surface area contributed by atoms with Crippen molar-refractivity contribution in [2.24, 2.45) is 5.41 Å². The lowest BCUT2D eigenvalue weighted by molar-refractivity contribution is 0.101. The van der Waals surface area contributed by atoms with E-state index >= 15 is 0 Å². The molecule has 1 saturated carbocycles. The van der Waals surface area contributed by atoms with E-state index in [-0.39, 0.29) is 22.1 Å². The highest BCUT2D eigenvalue weighted by Crippen LogP contribution is 2.35. The van der Waals surface area contributed by atoms with Crippen molar-refractivity contribution in [3.05, 3.63) is 29.8 Å². The van der Waals surface area contributed by atoms with Gasteiger partial charge in [0.1, 0.15) is 0 Å². The van der Waals surface area contributed by atoms with E-state index in [1.807, 2.05) is 0 Å². The highest BCUT2D eigenvalue weighted by Gasteiger charge is 2.30. The van der Waals surface area contributed by atoms with E-state index in [2.05, 4.69) is 18.6 Å². The van der Waals surface area contributed by atoms with E-state index in [0.717, 1.165) is 25.7 Å². The molecule has 0 heterocycles. The van der Waals surface area contributed by atoms with Crippen molar-refractivity contribution in [2.75, 3.05) is 0 Å². The number of Topliss-reactive ketones (excluding diaryl/α,β-unsaturated/α-hetero) is 1. The number of hydrogen-bond acceptors (Lipinski definition) is 3. The maximum absolute atomic E-state index is 12.4. The topological polar surface area (TPSA) is 63.2 Å². The van der Waals surface area contributed by atoms with E-state index in [0.29, 0.717) is 5.56 Å². The van der Waals surface area contributed by atoms with Crippen molar-refractivity contribution in [1.82, 2.24) is 4.72 Å². The van der Waals surface area contributed by atoms with Crippen molar-refractivity contribution in [3.8, 4) is 0 Å². The van der Waals surface area contributed by atoms with Gasteiger partial charge in [-0.1, -0.05) is 32.4 Å². The molecule has 1 fully saturated rings. The first-order valence-electron chi connectivity index (χ1n) is 7.33. The maximum atomic E-state index is 12.4. The van der Waals surface area contributed by atoms with Crippen LogP contribution in [0.1, 0.15) is 56.8 Å². The summed E-state index contributed by atoms with van der Waals surface area (Å²) in [5, 5.41) is 0. The number of ketones is 1. The number of hydrogen-bond donors (Lipinski definition) is 1. The lowest BCUT2D eigenvalue weighted by atomic mass is 9.75. The lowest BCUT2D eigenvalue weighted by Gasteiger charge is -2.35. The Bertz CT molecular complexity index is 617. The molecule has 0 spiro atoms. The van der Waals surface area contributed by atoms with Gasteiger partial charge in [-0.15, -0.1) is 0 Å². The molecular formula is C16H23NO3S. The highest BCUT2D eigenvalue weighted by molar-refractivity contribution is 7.89. The third-order valence-corrected chi connectivity index (χ3v) is 5.63. The average molecular weight is 309 g/mol. The Morgan fingerprint density at radius 3 is 2.38 bits per heavy atom. The molecule has 1 aromatic carbocycles. The van der Waals surface area contributed by atoms with Crippen LogP contribution in [-0.2, 0) is 10.0 Å². The SMILES string of the molecule is CC(=O)c1ccc(S(=O)(=O)NC2CCCC(C)(C)C2)cc1. The van der Waals surface area contributed by atoms with Gasteiger partial charge in [-0.2, -0.15) is 0 Å². The van der Waals surface area contributed by atoms with Gasteiger partial charge in [0.2, 0.25) is 10.0 Å². The first kappa shape index (κ1) is 16.2. The van der Waals surface area contributed by atoms with Crippen molar-refractivity contribution in [1.29, 1.82) is 0 Å². The summed E-state index contributed by atoms with van der Waals surface area (Å²) < 4.78 is 27.6. The zero-order chi connectivity index (χ0) is 15.7. The summed E-state index contributed by atoms with van der Waals surface area (Å²) >= 11 is 0. The molecule has 0 aliphatic heterocycles. The van der Waals surface area contributed by atoms with Crippen LogP contribution in [0.15, 0.2) is 29.2 Å². The van der Waals surface area contributed by atoms with Gasteiger partial charge in [0.05, 0.1) is 4.90 Å². The van der Waals surface area contributed by atoms with E-state index in [9.17, 15) is 13.2 Å². The van der Waals surface area contributed by atoms with Crippen molar-refractivity contribution >= 4 is 15.8 Å². The number of nitrogens with one attached hydrogen (secondary N) is 1. The number of carbonyl (C=O) groups is 1. The van der Waals surface area contributed by atoms with E-state index in [1.165, 1.54) is 19.1 Å². The molecule has 0 aromatic heterocycles. The number of benzene rings is 1. The summed E-state index contributed by atoms with van der Waals surface area (Å²) in [5.74, 6) is -0.0686. The standard InChI is InChI=1S/C16H23NO3S/c1-12(18)13-6-8-15(9-7-13)21(19,20)17-14-5-4-10-16(2,3)11-14/h6-9,14,17H,4-5,10-11H2,1-3H3. The third-order valence-electron chi connectivity index (χ3n) is 4.10. The Morgan fingerprint density at radius 2 is 1.86 bits per heavy atom. The molecule has 1 unspecified atom stereocenters. The Balaban J connectivity index is 2.13. The number of sulfonamides is 1. The Labute approximate surface area is 127 Å². The van der Waals surface area contributed by atoms with Gasteiger partial charge in [0.25, 0.3) is 0 Å². The summed E-state index contributed by atoms with van der Waals surface area (Å²) in [6.45, 7) is 5.82. The normalized spacial score (nSPS) is 22.0. The number of rotatable bonds is 4. The van der Waals surface area contributed by atoms with Crippen LogP contribution in [0.2, 0.25) is 0 Å². The van der Waals surface area contributed by atoms with Crippen LogP contribution in [0.5, 0.6) is 0 Å². The molecule has 1 aliphatic carbocycles.